The minimum absolute atomic E-state index is 0.0433. The van der Waals surface area contributed by atoms with Crippen LogP contribution in [0.3, 0.4) is 0 Å². The summed E-state index contributed by atoms with van der Waals surface area (Å²) in [6.07, 6.45) is 2.17. The average Bonchev–Trinajstić information content (AvgIpc) is 2.84. The van der Waals surface area contributed by atoms with Crippen LogP contribution >= 0.6 is 0 Å². The van der Waals surface area contributed by atoms with E-state index in [1.54, 1.807) is 4.68 Å². The molecule has 5 heteroatoms. The SMILES string of the molecule is CNC1CCCN(C(=O)c2nn(C)c3ccccc23)C1. The van der Waals surface area contributed by atoms with Crippen LogP contribution in [0.25, 0.3) is 10.9 Å². The molecule has 1 aromatic heterocycles. The van der Waals surface area contributed by atoms with Crippen LogP contribution in [0.15, 0.2) is 24.3 Å². The first-order valence-electron chi connectivity index (χ1n) is 7.09. The second kappa shape index (κ2) is 5.25. The van der Waals surface area contributed by atoms with Crippen LogP contribution in [0.2, 0.25) is 0 Å². The maximum Gasteiger partial charge on any atom is 0.275 e. The van der Waals surface area contributed by atoms with Crippen LogP contribution in [-0.4, -0.2) is 46.8 Å². The summed E-state index contributed by atoms with van der Waals surface area (Å²) in [7, 11) is 3.83. The standard InChI is InChI=1S/C15H20N4O/c1-16-11-6-5-9-19(10-11)15(20)14-12-7-3-4-8-13(12)18(2)17-14/h3-4,7-8,11,16H,5-6,9-10H2,1-2H3. The number of carbonyl (C=O) groups is 1. The van der Waals surface area contributed by atoms with Crippen molar-refractivity contribution in [3.8, 4) is 0 Å². The zero-order valence-corrected chi connectivity index (χ0v) is 12.0. The van der Waals surface area contributed by atoms with Crippen molar-refractivity contribution in [2.75, 3.05) is 20.1 Å². The predicted molar refractivity (Wildman–Crippen MR) is 78.7 cm³/mol. The number of likely N-dealkylation sites (tertiary alicyclic amines) is 1. The smallest absolute Gasteiger partial charge is 0.275 e. The van der Waals surface area contributed by atoms with Gasteiger partial charge in [-0.2, -0.15) is 5.10 Å². The summed E-state index contributed by atoms with van der Waals surface area (Å²) in [5.74, 6) is 0.0433. The zero-order valence-electron chi connectivity index (χ0n) is 12.0. The number of carbonyl (C=O) groups excluding carboxylic acids is 1. The molecule has 0 radical (unpaired) electrons. The number of hydrogen-bond donors (Lipinski definition) is 1. The van der Waals surface area contributed by atoms with Crippen molar-refractivity contribution in [2.45, 2.75) is 18.9 Å². The lowest BCUT2D eigenvalue weighted by atomic mass is 10.1. The number of fused-ring (bicyclic) bond motifs is 1. The van der Waals surface area contributed by atoms with Crippen molar-refractivity contribution < 1.29 is 4.79 Å². The molecule has 1 aromatic carbocycles. The first-order chi connectivity index (χ1) is 9.70. The first-order valence-corrected chi connectivity index (χ1v) is 7.09. The molecule has 0 bridgehead atoms. The van der Waals surface area contributed by atoms with E-state index in [2.05, 4.69) is 10.4 Å². The Bertz CT molecular complexity index is 634. The van der Waals surface area contributed by atoms with Gasteiger partial charge in [-0.25, -0.2) is 0 Å². The fraction of sp³-hybridized carbons (Fsp3) is 0.467. The fourth-order valence-electron chi connectivity index (χ4n) is 2.92. The molecule has 106 valence electrons. The molecule has 0 aliphatic carbocycles. The third-order valence-electron chi connectivity index (χ3n) is 4.08. The molecule has 5 nitrogen and oxygen atoms in total. The van der Waals surface area contributed by atoms with E-state index in [-0.39, 0.29) is 5.91 Å². The summed E-state index contributed by atoms with van der Waals surface area (Å²) in [5.41, 5.74) is 1.57. The molecule has 1 unspecified atom stereocenters. The number of nitrogens with one attached hydrogen (secondary N) is 1. The molecule has 1 atom stereocenters. The van der Waals surface area contributed by atoms with Gasteiger partial charge in [-0.15, -0.1) is 0 Å². The lowest BCUT2D eigenvalue weighted by Gasteiger charge is -2.32. The van der Waals surface area contributed by atoms with E-state index < -0.39 is 0 Å². The monoisotopic (exact) mass is 272 g/mol. The van der Waals surface area contributed by atoms with Crippen LogP contribution in [-0.2, 0) is 7.05 Å². The molecule has 2 heterocycles. The third-order valence-corrected chi connectivity index (χ3v) is 4.08. The molecule has 1 saturated heterocycles. The highest BCUT2D eigenvalue weighted by Gasteiger charge is 2.26. The Labute approximate surface area is 118 Å². The highest BCUT2D eigenvalue weighted by molar-refractivity contribution is 6.04. The topological polar surface area (TPSA) is 50.2 Å². The number of rotatable bonds is 2. The molecule has 1 aliphatic heterocycles. The lowest BCUT2D eigenvalue weighted by molar-refractivity contribution is 0.0693. The normalized spacial score (nSPS) is 19.5. The van der Waals surface area contributed by atoms with Gasteiger partial charge in [0.25, 0.3) is 5.91 Å². The Morgan fingerprint density at radius 1 is 1.40 bits per heavy atom. The number of nitrogens with zero attached hydrogens (tertiary/aromatic N) is 3. The van der Waals surface area contributed by atoms with Crippen LogP contribution in [0.4, 0.5) is 0 Å². The quantitative estimate of drug-likeness (QED) is 0.899. The minimum Gasteiger partial charge on any atom is -0.336 e. The summed E-state index contributed by atoms with van der Waals surface area (Å²) in [6.45, 7) is 1.59. The Hall–Kier alpha value is -1.88. The number of para-hydroxylation sites is 1. The number of benzene rings is 1. The summed E-state index contributed by atoms with van der Waals surface area (Å²) in [5, 5.41) is 8.62. The predicted octanol–water partition coefficient (Wildman–Crippen LogP) is 1.40. The van der Waals surface area contributed by atoms with Gasteiger partial charge in [-0.1, -0.05) is 18.2 Å². The Kier molecular flexibility index (Phi) is 3.44. The van der Waals surface area contributed by atoms with Gasteiger partial charge >= 0.3 is 0 Å². The van der Waals surface area contributed by atoms with Gasteiger partial charge in [0, 0.05) is 31.6 Å². The van der Waals surface area contributed by atoms with Crippen LogP contribution in [0.1, 0.15) is 23.3 Å². The third kappa shape index (κ3) is 2.18. The maximum absolute atomic E-state index is 12.7. The van der Waals surface area contributed by atoms with Gasteiger partial charge in [-0.3, -0.25) is 9.48 Å². The number of piperidine rings is 1. The van der Waals surface area contributed by atoms with Gasteiger partial charge in [0.15, 0.2) is 5.69 Å². The van der Waals surface area contributed by atoms with E-state index in [1.807, 2.05) is 43.3 Å². The molecule has 3 rings (SSSR count). The summed E-state index contributed by atoms with van der Waals surface area (Å²) in [6, 6.07) is 8.27. The van der Waals surface area contributed by atoms with Crippen molar-refractivity contribution in [3.05, 3.63) is 30.0 Å². The molecular formula is C15H20N4O. The summed E-state index contributed by atoms with van der Waals surface area (Å²) >= 11 is 0. The van der Waals surface area contributed by atoms with E-state index in [0.717, 1.165) is 36.8 Å². The Balaban J connectivity index is 1.92. The Morgan fingerprint density at radius 3 is 3.00 bits per heavy atom. The fourth-order valence-corrected chi connectivity index (χ4v) is 2.92. The largest absolute Gasteiger partial charge is 0.336 e. The summed E-state index contributed by atoms with van der Waals surface area (Å²) < 4.78 is 1.78. The average molecular weight is 272 g/mol. The van der Waals surface area contributed by atoms with Crippen LogP contribution in [0, 0.1) is 0 Å². The highest BCUT2D eigenvalue weighted by Crippen LogP contribution is 2.20. The second-order valence-electron chi connectivity index (χ2n) is 5.37. The van der Waals surface area contributed by atoms with Crippen molar-refractivity contribution in [3.63, 3.8) is 0 Å². The van der Waals surface area contributed by atoms with E-state index >= 15 is 0 Å². The molecule has 20 heavy (non-hydrogen) atoms. The van der Waals surface area contributed by atoms with E-state index in [1.165, 1.54) is 0 Å². The first kappa shape index (κ1) is 13.1. The van der Waals surface area contributed by atoms with Crippen molar-refractivity contribution in [1.29, 1.82) is 0 Å². The molecule has 1 fully saturated rings. The summed E-state index contributed by atoms with van der Waals surface area (Å²) in [4.78, 5) is 14.6. The minimum atomic E-state index is 0.0433. The molecular weight excluding hydrogens is 252 g/mol. The van der Waals surface area contributed by atoms with Crippen LogP contribution in [0.5, 0.6) is 0 Å². The highest BCUT2D eigenvalue weighted by atomic mass is 16.2. The maximum atomic E-state index is 12.7. The van der Waals surface area contributed by atoms with E-state index in [4.69, 9.17) is 0 Å². The second-order valence-corrected chi connectivity index (χ2v) is 5.37. The molecule has 2 aromatic rings. The van der Waals surface area contributed by atoms with Gasteiger partial charge in [0.05, 0.1) is 5.52 Å². The van der Waals surface area contributed by atoms with Gasteiger partial charge in [0.2, 0.25) is 0 Å². The van der Waals surface area contributed by atoms with Gasteiger partial charge in [0.1, 0.15) is 0 Å². The van der Waals surface area contributed by atoms with Crippen LogP contribution < -0.4 is 5.32 Å². The molecule has 1 aliphatic rings. The number of aryl methyl sites for hydroxylation is 1. The van der Waals surface area contributed by atoms with Crippen molar-refractivity contribution in [2.24, 2.45) is 7.05 Å². The van der Waals surface area contributed by atoms with Crippen molar-refractivity contribution in [1.82, 2.24) is 20.0 Å². The molecule has 1 amide bonds. The molecule has 0 spiro atoms. The number of hydrogen-bond acceptors (Lipinski definition) is 3. The van der Waals surface area contributed by atoms with Crippen molar-refractivity contribution >= 4 is 16.8 Å². The molecule has 0 saturated carbocycles. The van der Waals surface area contributed by atoms with E-state index in [0.29, 0.717) is 11.7 Å². The number of amides is 1. The Morgan fingerprint density at radius 2 is 2.20 bits per heavy atom. The number of likely N-dealkylation sites (N-methyl/N-ethyl adjacent to an activating group) is 1. The zero-order chi connectivity index (χ0) is 14.1. The van der Waals surface area contributed by atoms with Gasteiger partial charge in [-0.05, 0) is 26.0 Å². The molecule has 1 N–H and O–H groups in total. The van der Waals surface area contributed by atoms with E-state index in [9.17, 15) is 4.79 Å². The van der Waals surface area contributed by atoms with Gasteiger partial charge < -0.3 is 10.2 Å². The lowest BCUT2D eigenvalue weighted by Crippen LogP contribution is -2.47. The number of aromatic nitrogens is 2.